The highest BCUT2D eigenvalue weighted by Gasteiger charge is 2.43. The van der Waals surface area contributed by atoms with Gasteiger partial charge in [0.05, 0.1) is 0 Å². The molecule has 1 aromatic rings. The van der Waals surface area contributed by atoms with Crippen LogP contribution in [0.1, 0.15) is 26.7 Å². The maximum atomic E-state index is 12.5. The van der Waals surface area contributed by atoms with E-state index >= 15 is 0 Å². The summed E-state index contributed by atoms with van der Waals surface area (Å²) in [6, 6.07) is 7.17. The van der Waals surface area contributed by atoms with Crippen molar-refractivity contribution in [2.24, 2.45) is 5.92 Å². The first kappa shape index (κ1) is 22.9. The van der Waals surface area contributed by atoms with E-state index in [0.29, 0.717) is 31.1 Å². The van der Waals surface area contributed by atoms with E-state index in [1.54, 1.807) is 12.1 Å². The van der Waals surface area contributed by atoms with Crippen LogP contribution in [0.2, 0.25) is 0 Å². The Bertz CT molecular complexity index is 730. The van der Waals surface area contributed by atoms with Crippen LogP contribution in [-0.4, -0.2) is 54.2 Å². The summed E-state index contributed by atoms with van der Waals surface area (Å²) < 4.78 is 37.5. The Morgan fingerprint density at radius 2 is 1.69 bits per heavy atom. The first-order valence-electron chi connectivity index (χ1n) is 9.38. The summed E-state index contributed by atoms with van der Waals surface area (Å²) in [5.41, 5.74) is 1.52. The van der Waals surface area contributed by atoms with E-state index in [1.165, 1.54) is 0 Å². The first-order valence-corrected chi connectivity index (χ1v) is 9.79. The van der Waals surface area contributed by atoms with Gasteiger partial charge in [-0.3, -0.25) is 9.59 Å². The summed E-state index contributed by atoms with van der Waals surface area (Å²) in [4.78, 5) is 25.8. The average molecular weight is 430 g/mol. The van der Waals surface area contributed by atoms with Crippen LogP contribution < -0.4 is 15.5 Å². The van der Waals surface area contributed by atoms with Gasteiger partial charge in [0.15, 0.2) is 5.11 Å². The number of hydrogen-bond acceptors (Lipinski definition) is 4. The molecule has 2 amide bonds. The Morgan fingerprint density at radius 1 is 1.10 bits per heavy atom. The second-order valence-electron chi connectivity index (χ2n) is 7.26. The van der Waals surface area contributed by atoms with E-state index in [4.69, 9.17) is 12.2 Å². The molecule has 1 aliphatic heterocycles. The monoisotopic (exact) mass is 430 g/mol. The van der Waals surface area contributed by atoms with Gasteiger partial charge < -0.3 is 20.4 Å². The molecule has 6 nitrogen and oxygen atoms in total. The number of anilines is 2. The number of alkyl halides is 3. The lowest BCUT2D eigenvalue weighted by Crippen LogP contribution is -2.52. The van der Waals surface area contributed by atoms with Gasteiger partial charge in [0.25, 0.3) is 0 Å². The van der Waals surface area contributed by atoms with Crippen molar-refractivity contribution in [3.8, 4) is 0 Å². The second-order valence-corrected chi connectivity index (χ2v) is 7.67. The van der Waals surface area contributed by atoms with Crippen molar-refractivity contribution in [3.05, 3.63) is 24.3 Å². The number of carbonyl (C=O) groups is 2. The third-order valence-electron chi connectivity index (χ3n) is 4.50. The number of thiocarbonyl (C=S) groups is 1. The van der Waals surface area contributed by atoms with E-state index in [9.17, 15) is 22.8 Å². The molecule has 1 aliphatic rings. The molecule has 0 spiro atoms. The Kier molecular flexibility index (Phi) is 7.83. The molecule has 0 bridgehead atoms. The molecule has 1 aromatic carbocycles. The van der Waals surface area contributed by atoms with Gasteiger partial charge in [-0.05, 0) is 48.8 Å². The summed E-state index contributed by atoms with van der Waals surface area (Å²) in [6.45, 7) is 4.76. The van der Waals surface area contributed by atoms with Crippen LogP contribution in [0.25, 0.3) is 0 Å². The number of nitrogens with one attached hydrogen (secondary N) is 2. The smallest absolute Gasteiger partial charge is 0.368 e. The lowest BCUT2D eigenvalue weighted by Gasteiger charge is -2.36. The molecule has 2 N–H and O–H groups in total. The van der Waals surface area contributed by atoms with E-state index < -0.39 is 12.1 Å². The van der Waals surface area contributed by atoms with Crippen LogP contribution in [0.4, 0.5) is 24.5 Å². The highest BCUT2D eigenvalue weighted by molar-refractivity contribution is 7.80. The highest BCUT2D eigenvalue weighted by Crippen LogP contribution is 2.23. The van der Waals surface area contributed by atoms with Crippen molar-refractivity contribution in [1.82, 2.24) is 10.2 Å². The molecule has 1 fully saturated rings. The Morgan fingerprint density at radius 3 is 2.21 bits per heavy atom. The number of amides is 2. The van der Waals surface area contributed by atoms with Crippen molar-refractivity contribution >= 4 is 40.5 Å². The number of nitrogens with zero attached hydrogens (tertiary/aromatic N) is 2. The molecular weight excluding hydrogens is 405 g/mol. The number of benzene rings is 1. The molecule has 29 heavy (non-hydrogen) atoms. The number of piperazine rings is 1. The average Bonchev–Trinajstić information content (AvgIpc) is 2.66. The quantitative estimate of drug-likeness (QED) is 0.703. The van der Waals surface area contributed by atoms with Crippen LogP contribution in [0, 0.1) is 5.92 Å². The molecule has 0 radical (unpaired) electrons. The zero-order valence-corrected chi connectivity index (χ0v) is 17.2. The minimum absolute atomic E-state index is 0.0187. The van der Waals surface area contributed by atoms with Crippen molar-refractivity contribution in [3.63, 3.8) is 0 Å². The van der Waals surface area contributed by atoms with E-state index in [-0.39, 0.29) is 24.1 Å². The SMILES string of the molecule is CC(C)CCC(=O)NC(=S)Nc1ccc(N2CCN(C(=O)C(F)(F)F)CC2)cc1. The second kappa shape index (κ2) is 9.91. The minimum Gasteiger partial charge on any atom is -0.368 e. The topological polar surface area (TPSA) is 64.7 Å². The van der Waals surface area contributed by atoms with Gasteiger partial charge in [-0.1, -0.05) is 13.8 Å². The van der Waals surface area contributed by atoms with Crippen molar-refractivity contribution < 1.29 is 22.8 Å². The van der Waals surface area contributed by atoms with Crippen molar-refractivity contribution in [1.29, 1.82) is 0 Å². The maximum absolute atomic E-state index is 12.5. The van der Waals surface area contributed by atoms with Gasteiger partial charge in [0.1, 0.15) is 0 Å². The third kappa shape index (κ3) is 7.19. The largest absolute Gasteiger partial charge is 0.471 e. The van der Waals surface area contributed by atoms with Crippen LogP contribution in [-0.2, 0) is 9.59 Å². The third-order valence-corrected chi connectivity index (χ3v) is 4.71. The molecule has 1 saturated heterocycles. The Hall–Kier alpha value is -2.36. The lowest BCUT2D eigenvalue weighted by atomic mass is 10.1. The van der Waals surface area contributed by atoms with Gasteiger partial charge in [-0.2, -0.15) is 13.2 Å². The molecule has 0 aromatic heterocycles. The predicted octanol–water partition coefficient (Wildman–Crippen LogP) is 3.15. The number of hydrogen-bond donors (Lipinski definition) is 2. The summed E-state index contributed by atoms with van der Waals surface area (Å²) in [5, 5.41) is 5.78. The van der Waals surface area contributed by atoms with E-state index in [1.807, 2.05) is 30.9 Å². The van der Waals surface area contributed by atoms with Crippen molar-refractivity contribution in [2.45, 2.75) is 32.9 Å². The molecule has 10 heteroatoms. The fourth-order valence-electron chi connectivity index (χ4n) is 2.87. The standard InChI is InChI=1S/C19H25F3N4O2S/c1-13(2)3-8-16(27)24-18(29)23-14-4-6-15(7-5-14)25-9-11-26(12-10-25)17(28)19(20,21)22/h4-7,13H,3,8-12H2,1-2H3,(H2,23,24,27,29). The summed E-state index contributed by atoms with van der Waals surface area (Å²) in [5.74, 6) is -1.50. The van der Waals surface area contributed by atoms with Crippen LogP contribution in [0.15, 0.2) is 24.3 Å². The molecule has 1 heterocycles. The molecule has 0 atom stereocenters. The molecule has 0 aliphatic carbocycles. The zero-order chi connectivity index (χ0) is 21.6. The maximum Gasteiger partial charge on any atom is 0.471 e. The lowest BCUT2D eigenvalue weighted by molar-refractivity contribution is -0.185. The number of rotatable bonds is 5. The van der Waals surface area contributed by atoms with Gasteiger partial charge in [-0.25, -0.2) is 0 Å². The van der Waals surface area contributed by atoms with Crippen LogP contribution in [0.3, 0.4) is 0 Å². The summed E-state index contributed by atoms with van der Waals surface area (Å²) in [6.07, 6.45) is -3.65. The molecule has 0 saturated carbocycles. The van der Waals surface area contributed by atoms with Crippen molar-refractivity contribution in [2.75, 3.05) is 36.4 Å². The number of halogens is 3. The molecular formula is C19H25F3N4O2S. The zero-order valence-electron chi connectivity index (χ0n) is 16.4. The van der Waals surface area contributed by atoms with Crippen LogP contribution in [0.5, 0.6) is 0 Å². The minimum atomic E-state index is -4.84. The molecule has 160 valence electrons. The fraction of sp³-hybridized carbons (Fsp3) is 0.526. The molecule has 2 rings (SSSR count). The molecule has 0 unspecified atom stereocenters. The van der Waals surface area contributed by atoms with Gasteiger partial charge in [0.2, 0.25) is 5.91 Å². The summed E-state index contributed by atoms with van der Waals surface area (Å²) >= 11 is 5.13. The van der Waals surface area contributed by atoms with Gasteiger partial charge in [0, 0.05) is 44.0 Å². The van der Waals surface area contributed by atoms with E-state index in [2.05, 4.69) is 10.6 Å². The first-order chi connectivity index (χ1) is 13.6. The van der Waals surface area contributed by atoms with E-state index in [0.717, 1.165) is 17.0 Å². The Labute approximate surface area is 173 Å². The number of carbonyl (C=O) groups excluding carboxylic acids is 2. The van der Waals surface area contributed by atoms with Gasteiger partial charge >= 0.3 is 12.1 Å². The normalized spacial score (nSPS) is 14.7. The highest BCUT2D eigenvalue weighted by atomic mass is 32.1. The Balaban J connectivity index is 1.82. The fourth-order valence-corrected chi connectivity index (χ4v) is 3.11. The summed E-state index contributed by atoms with van der Waals surface area (Å²) in [7, 11) is 0. The van der Waals surface area contributed by atoms with Crippen LogP contribution >= 0.6 is 12.2 Å². The van der Waals surface area contributed by atoms with Gasteiger partial charge in [-0.15, -0.1) is 0 Å². The predicted molar refractivity (Wildman–Crippen MR) is 110 cm³/mol.